The van der Waals surface area contributed by atoms with Crippen molar-refractivity contribution in [2.75, 3.05) is 4.90 Å². The lowest BCUT2D eigenvalue weighted by Crippen LogP contribution is -2.10. The van der Waals surface area contributed by atoms with Gasteiger partial charge < -0.3 is 9.32 Å². The highest BCUT2D eigenvalue weighted by molar-refractivity contribution is 7.25. The maximum Gasteiger partial charge on any atom is 0.137 e. The molecular formula is C42H27NOS. The Morgan fingerprint density at radius 3 is 1.76 bits per heavy atom. The second kappa shape index (κ2) is 10.5. The molecule has 0 bridgehead atoms. The third-order valence-corrected chi connectivity index (χ3v) is 9.83. The van der Waals surface area contributed by atoms with Gasteiger partial charge in [0.15, 0.2) is 0 Å². The van der Waals surface area contributed by atoms with Gasteiger partial charge in [-0.05, 0) is 70.8 Å². The minimum Gasteiger partial charge on any atom is -0.456 e. The Morgan fingerprint density at radius 2 is 0.978 bits per heavy atom. The fraction of sp³-hybridized carbons (Fsp3) is 0. The number of anilines is 3. The van der Waals surface area contributed by atoms with Crippen LogP contribution in [0.3, 0.4) is 0 Å². The third kappa shape index (κ3) is 4.40. The predicted octanol–water partition coefficient (Wildman–Crippen LogP) is 12.8. The van der Waals surface area contributed by atoms with Crippen LogP contribution in [0.4, 0.5) is 17.1 Å². The van der Waals surface area contributed by atoms with Crippen LogP contribution in [-0.4, -0.2) is 0 Å². The SMILES string of the molecule is c1ccc(-c2ccc(-c3ccc(N(c4ccc5c(c4)sc4ccccc45)c4cccc5oc6ccccc6c45)cc3)cc2)cc1. The van der Waals surface area contributed by atoms with Gasteiger partial charge >= 0.3 is 0 Å². The van der Waals surface area contributed by atoms with E-state index in [1.807, 2.05) is 23.5 Å². The second-order valence-electron chi connectivity index (χ2n) is 11.4. The van der Waals surface area contributed by atoms with Gasteiger partial charge in [-0.3, -0.25) is 0 Å². The van der Waals surface area contributed by atoms with Crippen molar-refractivity contribution < 1.29 is 4.42 Å². The molecule has 2 heterocycles. The number of nitrogens with zero attached hydrogens (tertiary/aromatic N) is 1. The van der Waals surface area contributed by atoms with E-state index in [-0.39, 0.29) is 0 Å². The van der Waals surface area contributed by atoms with Gasteiger partial charge in [-0.1, -0.05) is 115 Å². The van der Waals surface area contributed by atoms with Crippen LogP contribution in [0.2, 0.25) is 0 Å². The average molecular weight is 594 g/mol. The van der Waals surface area contributed by atoms with Crippen molar-refractivity contribution in [1.82, 2.24) is 0 Å². The zero-order valence-electron chi connectivity index (χ0n) is 24.4. The molecule has 0 fully saturated rings. The molecule has 0 saturated carbocycles. The van der Waals surface area contributed by atoms with E-state index < -0.39 is 0 Å². The predicted molar refractivity (Wildman–Crippen MR) is 192 cm³/mol. The molecule has 0 radical (unpaired) electrons. The minimum atomic E-state index is 0.886. The summed E-state index contributed by atoms with van der Waals surface area (Å²) < 4.78 is 8.90. The highest BCUT2D eigenvalue weighted by Crippen LogP contribution is 2.45. The Kier molecular flexibility index (Phi) is 6.03. The van der Waals surface area contributed by atoms with Crippen LogP contribution < -0.4 is 4.90 Å². The van der Waals surface area contributed by atoms with Gasteiger partial charge in [0.05, 0.1) is 11.1 Å². The standard InChI is InChI=1S/C42H27NOS/c1-2-9-28(10-3-1)29-17-19-30(20-18-29)31-21-23-32(24-22-31)43(33-25-26-35-34-11-5-7-16-40(34)45-41(35)27-33)37-13-8-15-39-42(37)36-12-4-6-14-38(36)44-39/h1-27H. The second-order valence-corrected chi connectivity index (χ2v) is 12.4. The van der Waals surface area contributed by atoms with Crippen LogP contribution in [0.25, 0.3) is 64.4 Å². The number of rotatable bonds is 5. The summed E-state index contributed by atoms with van der Waals surface area (Å²) in [5, 5.41) is 4.83. The van der Waals surface area contributed by atoms with Gasteiger partial charge in [-0.15, -0.1) is 11.3 Å². The van der Waals surface area contributed by atoms with Gasteiger partial charge in [0.1, 0.15) is 11.2 Å². The molecule has 0 N–H and O–H groups in total. The van der Waals surface area contributed by atoms with Crippen LogP contribution in [0.5, 0.6) is 0 Å². The fourth-order valence-corrected chi connectivity index (χ4v) is 7.65. The Balaban J connectivity index is 1.19. The van der Waals surface area contributed by atoms with E-state index in [0.717, 1.165) is 39.0 Å². The molecule has 0 aliphatic heterocycles. The van der Waals surface area contributed by atoms with Crippen molar-refractivity contribution in [3.8, 4) is 22.3 Å². The first-order chi connectivity index (χ1) is 22.3. The molecule has 0 aliphatic rings. The lowest BCUT2D eigenvalue weighted by Gasteiger charge is -2.26. The molecule has 9 rings (SSSR count). The zero-order valence-corrected chi connectivity index (χ0v) is 25.2. The van der Waals surface area contributed by atoms with E-state index in [0.29, 0.717) is 0 Å². The Hall–Kier alpha value is -5.64. The fourth-order valence-electron chi connectivity index (χ4n) is 6.51. The highest BCUT2D eigenvalue weighted by atomic mass is 32.1. The average Bonchev–Trinajstić information content (AvgIpc) is 3.68. The van der Waals surface area contributed by atoms with Crippen LogP contribution in [0.1, 0.15) is 0 Å². The lowest BCUT2D eigenvalue weighted by atomic mass is 10.00. The summed E-state index contributed by atoms with van der Waals surface area (Å²) in [5.74, 6) is 0. The summed E-state index contributed by atoms with van der Waals surface area (Å²) in [5.41, 5.74) is 9.92. The minimum absolute atomic E-state index is 0.886. The topological polar surface area (TPSA) is 16.4 Å². The monoisotopic (exact) mass is 593 g/mol. The number of hydrogen-bond acceptors (Lipinski definition) is 3. The summed E-state index contributed by atoms with van der Waals surface area (Å²) in [6.45, 7) is 0. The number of fused-ring (bicyclic) bond motifs is 6. The van der Waals surface area contributed by atoms with Crippen LogP contribution >= 0.6 is 11.3 Å². The summed E-state index contributed by atoms with van der Waals surface area (Å²) >= 11 is 1.85. The Bertz CT molecular complexity index is 2470. The van der Waals surface area contributed by atoms with Gasteiger partial charge in [0, 0.05) is 36.9 Å². The maximum atomic E-state index is 6.32. The van der Waals surface area contributed by atoms with E-state index >= 15 is 0 Å². The lowest BCUT2D eigenvalue weighted by molar-refractivity contribution is 0.669. The van der Waals surface area contributed by atoms with Crippen molar-refractivity contribution >= 4 is 70.5 Å². The number of furan rings is 1. The first-order valence-electron chi connectivity index (χ1n) is 15.2. The largest absolute Gasteiger partial charge is 0.456 e. The van der Waals surface area contributed by atoms with Crippen molar-refractivity contribution in [2.24, 2.45) is 0 Å². The number of para-hydroxylation sites is 1. The molecule has 0 aliphatic carbocycles. The van der Waals surface area contributed by atoms with Crippen LogP contribution in [-0.2, 0) is 0 Å². The van der Waals surface area contributed by atoms with E-state index in [4.69, 9.17) is 4.42 Å². The van der Waals surface area contributed by atoms with E-state index in [9.17, 15) is 0 Å². The molecule has 2 nitrogen and oxygen atoms in total. The van der Waals surface area contributed by atoms with E-state index in [2.05, 4.69) is 157 Å². The first kappa shape index (κ1) is 25.8. The summed E-state index contributed by atoms with van der Waals surface area (Å²) in [6.07, 6.45) is 0. The van der Waals surface area contributed by atoms with Crippen molar-refractivity contribution in [3.63, 3.8) is 0 Å². The molecule has 3 heteroatoms. The van der Waals surface area contributed by atoms with E-state index in [1.165, 1.54) is 42.4 Å². The zero-order chi connectivity index (χ0) is 29.7. The molecule has 2 aromatic heterocycles. The van der Waals surface area contributed by atoms with Crippen LogP contribution in [0.15, 0.2) is 168 Å². The molecule has 0 amide bonds. The third-order valence-electron chi connectivity index (χ3n) is 8.69. The van der Waals surface area contributed by atoms with Gasteiger partial charge in [-0.25, -0.2) is 0 Å². The molecule has 0 atom stereocenters. The molecular weight excluding hydrogens is 567 g/mol. The number of hydrogen-bond donors (Lipinski definition) is 0. The Labute approximate surface area is 265 Å². The molecule has 0 spiro atoms. The normalized spacial score (nSPS) is 11.6. The molecule has 212 valence electrons. The quantitative estimate of drug-likeness (QED) is 0.197. The summed E-state index contributed by atoms with van der Waals surface area (Å²) in [7, 11) is 0. The first-order valence-corrected chi connectivity index (χ1v) is 16.0. The maximum absolute atomic E-state index is 6.32. The van der Waals surface area contributed by atoms with Crippen molar-refractivity contribution in [1.29, 1.82) is 0 Å². The number of benzene rings is 7. The summed E-state index contributed by atoms with van der Waals surface area (Å²) in [6, 6.07) is 58.5. The molecule has 45 heavy (non-hydrogen) atoms. The molecule has 9 aromatic rings. The highest BCUT2D eigenvalue weighted by Gasteiger charge is 2.20. The van der Waals surface area contributed by atoms with Crippen molar-refractivity contribution in [3.05, 3.63) is 164 Å². The molecule has 0 saturated heterocycles. The van der Waals surface area contributed by atoms with Gasteiger partial charge in [-0.2, -0.15) is 0 Å². The van der Waals surface area contributed by atoms with Crippen LogP contribution in [0, 0.1) is 0 Å². The molecule has 7 aromatic carbocycles. The van der Waals surface area contributed by atoms with Gasteiger partial charge in [0.25, 0.3) is 0 Å². The van der Waals surface area contributed by atoms with Gasteiger partial charge in [0.2, 0.25) is 0 Å². The molecule has 0 unspecified atom stereocenters. The summed E-state index contributed by atoms with van der Waals surface area (Å²) in [4.78, 5) is 2.37. The number of thiophene rings is 1. The smallest absolute Gasteiger partial charge is 0.137 e. The Morgan fingerprint density at radius 1 is 0.400 bits per heavy atom. The van der Waals surface area contributed by atoms with Crippen molar-refractivity contribution in [2.45, 2.75) is 0 Å². The van der Waals surface area contributed by atoms with E-state index in [1.54, 1.807) is 0 Å².